The van der Waals surface area contributed by atoms with Crippen molar-refractivity contribution in [3.05, 3.63) is 42.0 Å². The van der Waals surface area contributed by atoms with Crippen LogP contribution in [0.3, 0.4) is 0 Å². The predicted octanol–water partition coefficient (Wildman–Crippen LogP) is 2.07. The van der Waals surface area contributed by atoms with Gasteiger partial charge in [0.1, 0.15) is 23.9 Å². The number of aromatic nitrogens is 3. The van der Waals surface area contributed by atoms with E-state index >= 15 is 0 Å². The molecule has 25 heavy (non-hydrogen) atoms. The summed E-state index contributed by atoms with van der Waals surface area (Å²) in [7, 11) is 0. The van der Waals surface area contributed by atoms with Gasteiger partial charge in [-0.3, -0.25) is 0 Å². The molecule has 3 heterocycles. The van der Waals surface area contributed by atoms with E-state index in [2.05, 4.69) is 10.3 Å². The number of ether oxygens (including phenoxy) is 1. The first kappa shape index (κ1) is 15.9. The third kappa shape index (κ3) is 3.42. The SMILES string of the molecule is O=C(N1CCCC1)N1CC(n2cc(COc3ccc(F)cc3)nn2)C1. The lowest BCUT2D eigenvalue weighted by atomic mass is 10.1. The summed E-state index contributed by atoms with van der Waals surface area (Å²) < 4.78 is 20.2. The van der Waals surface area contributed by atoms with Crippen molar-refractivity contribution in [3.8, 4) is 5.75 Å². The first-order chi connectivity index (χ1) is 12.2. The van der Waals surface area contributed by atoms with Crippen molar-refractivity contribution in [2.75, 3.05) is 26.2 Å². The van der Waals surface area contributed by atoms with E-state index in [1.807, 2.05) is 16.0 Å². The van der Waals surface area contributed by atoms with Crippen molar-refractivity contribution in [2.45, 2.75) is 25.5 Å². The average Bonchev–Trinajstić information content (AvgIpc) is 3.25. The molecule has 7 nitrogen and oxygen atoms in total. The minimum atomic E-state index is -0.295. The lowest BCUT2D eigenvalue weighted by Gasteiger charge is -2.40. The lowest BCUT2D eigenvalue weighted by Crippen LogP contribution is -2.54. The van der Waals surface area contributed by atoms with Gasteiger partial charge in [-0.05, 0) is 37.1 Å². The maximum atomic E-state index is 12.9. The number of carbonyl (C=O) groups excluding carboxylic acids is 1. The second-order valence-corrected chi connectivity index (χ2v) is 6.47. The molecule has 2 amide bonds. The number of amides is 2. The molecule has 2 aromatic rings. The van der Waals surface area contributed by atoms with Gasteiger partial charge >= 0.3 is 6.03 Å². The zero-order chi connectivity index (χ0) is 17.2. The number of benzene rings is 1. The fourth-order valence-electron chi connectivity index (χ4n) is 3.13. The van der Waals surface area contributed by atoms with Crippen LogP contribution in [0.15, 0.2) is 30.5 Å². The zero-order valence-electron chi connectivity index (χ0n) is 13.8. The lowest BCUT2D eigenvalue weighted by molar-refractivity contribution is 0.0940. The second-order valence-electron chi connectivity index (χ2n) is 6.47. The summed E-state index contributed by atoms with van der Waals surface area (Å²) in [5.74, 6) is 0.290. The van der Waals surface area contributed by atoms with E-state index in [-0.39, 0.29) is 24.5 Å². The number of carbonyl (C=O) groups is 1. The van der Waals surface area contributed by atoms with Crippen molar-refractivity contribution in [1.29, 1.82) is 0 Å². The predicted molar refractivity (Wildman–Crippen MR) is 87.6 cm³/mol. The molecule has 0 N–H and O–H groups in total. The van der Waals surface area contributed by atoms with Crippen LogP contribution in [0.1, 0.15) is 24.6 Å². The Balaban J connectivity index is 1.27. The number of halogens is 1. The fourth-order valence-corrected chi connectivity index (χ4v) is 3.13. The van der Waals surface area contributed by atoms with Gasteiger partial charge in [0.25, 0.3) is 0 Å². The zero-order valence-corrected chi connectivity index (χ0v) is 13.8. The average molecular weight is 345 g/mol. The standard InChI is InChI=1S/C17H20FN5O2/c18-13-3-5-16(6-4-13)25-12-14-9-23(20-19-14)15-10-22(11-15)17(24)21-7-1-2-8-21/h3-6,9,15H,1-2,7-8,10-12H2. The first-order valence-corrected chi connectivity index (χ1v) is 8.52. The Labute approximate surface area is 145 Å². The van der Waals surface area contributed by atoms with Crippen LogP contribution in [0, 0.1) is 5.82 Å². The van der Waals surface area contributed by atoms with E-state index in [4.69, 9.17) is 4.74 Å². The van der Waals surface area contributed by atoms with Gasteiger partial charge in [0.05, 0.1) is 12.2 Å². The van der Waals surface area contributed by atoms with E-state index in [1.54, 1.807) is 16.8 Å². The summed E-state index contributed by atoms with van der Waals surface area (Å²) in [5.41, 5.74) is 0.702. The van der Waals surface area contributed by atoms with Gasteiger partial charge in [0.2, 0.25) is 0 Å². The van der Waals surface area contributed by atoms with Gasteiger partial charge in [0, 0.05) is 26.2 Å². The van der Waals surface area contributed by atoms with E-state index < -0.39 is 0 Å². The molecule has 0 spiro atoms. The van der Waals surface area contributed by atoms with Crippen molar-refractivity contribution in [1.82, 2.24) is 24.8 Å². The van der Waals surface area contributed by atoms with E-state index in [0.717, 1.165) is 25.9 Å². The normalized spacial score (nSPS) is 17.6. The third-order valence-electron chi connectivity index (χ3n) is 4.64. The van der Waals surface area contributed by atoms with Crippen molar-refractivity contribution < 1.29 is 13.9 Å². The summed E-state index contributed by atoms with van der Waals surface area (Å²) in [6, 6.07) is 6.16. The van der Waals surface area contributed by atoms with Gasteiger partial charge in [0.15, 0.2) is 0 Å². The molecule has 0 saturated carbocycles. The van der Waals surface area contributed by atoms with Crippen LogP contribution in [-0.2, 0) is 6.61 Å². The fraction of sp³-hybridized carbons (Fsp3) is 0.471. The molecule has 0 unspecified atom stereocenters. The number of hydrogen-bond donors (Lipinski definition) is 0. The Morgan fingerprint density at radius 2 is 1.88 bits per heavy atom. The second kappa shape index (κ2) is 6.70. The third-order valence-corrected chi connectivity index (χ3v) is 4.64. The summed E-state index contributed by atoms with van der Waals surface area (Å²) in [6.45, 7) is 3.34. The molecule has 0 atom stereocenters. The van der Waals surface area contributed by atoms with E-state index in [9.17, 15) is 9.18 Å². The number of likely N-dealkylation sites (tertiary alicyclic amines) is 2. The Morgan fingerprint density at radius 3 is 2.60 bits per heavy atom. The monoisotopic (exact) mass is 345 g/mol. The van der Waals surface area contributed by atoms with Crippen LogP contribution in [0.25, 0.3) is 0 Å². The minimum absolute atomic E-state index is 0.133. The van der Waals surface area contributed by atoms with Gasteiger partial charge in [-0.2, -0.15) is 0 Å². The molecule has 2 saturated heterocycles. The van der Waals surface area contributed by atoms with Crippen LogP contribution in [-0.4, -0.2) is 57.0 Å². The van der Waals surface area contributed by atoms with Crippen LogP contribution in [0.5, 0.6) is 5.75 Å². The van der Waals surface area contributed by atoms with Gasteiger partial charge in [-0.25, -0.2) is 13.9 Å². The van der Waals surface area contributed by atoms with Crippen molar-refractivity contribution >= 4 is 6.03 Å². The summed E-state index contributed by atoms with van der Waals surface area (Å²) in [5, 5.41) is 8.23. The Hall–Kier alpha value is -2.64. The Morgan fingerprint density at radius 1 is 1.16 bits per heavy atom. The molecule has 132 valence electrons. The van der Waals surface area contributed by atoms with Crippen LogP contribution >= 0.6 is 0 Å². The van der Waals surface area contributed by atoms with E-state index in [1.165, 1.54) is 12.1 Å². The molecule has 1 aromatic heterocycles. The van der Waals surface area contributed by atoms with E-state index in [0.29, 0.717) is 24.5 Å². The Kier molecular flexibility index (Phi) is 4.25. The van der Waals surface area contributed by atoms with Crippen LogP contribution < -0.4 is 4.74 Å². The number of hydrogen-bond acceptors (Lipinski definition) is 4. The van der Waals surface area contributed by atoms with Crippen molar-refractivity contribution in [3.63, 3.8) is 0 Å². The quantitative estimate of drug-likeness (QED) is 0.851. The number of nitrogens with zero attached hydrogens (tertiary/aromatic N) is 5. The minimum Gasteiger partial charge on any atom is -0.487 e. The maximum Gasteiger partial charge on any atom is 0.320 e. The summed E-state index contributed by atoms with van der Waals surface area (Å²) in [6.07, 6.45) is 4.04. The molecule has 1 aromatic carbocycles. The molecular weight excluding hydrogens is 325 g/mol. The summed E-state index contributed by atoms with van der Waals surface area (Å²) >= 11 is 0. The van der Waals surface area contributed by atoms with Gasteiger partial charge in [-0.1, -0.05) is 5.21 Å². The molecule has 0 bridgehead atoms. The number of rotatable bonds is 4. The molecule has 4 rings (SSSR count). The van der Waals surface area contributed by atoms with Crippen LogP contribution in [0.4, 0.5) is 9.18 Å². The summed E-state index contributed by atoms with van der Waals surface area (Å²) in [4.78, 5) is 16.0. The molecule has 2 aliphatic rings. The Bertz CT molecular complexity index is 736. The highest BCUT2D eigenvalue weighted by atomic mass is 19.1. The molecule has 0 aliphatic carbocycles. The molecule has 2 aliphatic heterocycles. The highest BCUT2D eigenvalue weighted by Gasteiger charge is 2.35. The molecule has 8 heteroatoms. The van der Waals surface area contributed by atoms with Gasteiger partial charge < -0.3 is 14.5 Å². The maximum absolute atomic E-state index is 12.9. The van der Waals surface area contributed by atoms with Gasteiger partial charge in [-0.15, -0.1) is 5.10 Å². The molecular formula is C17H20FN5O2. The highest BCUT2D eigenvalue weighted by Crippen LogP contribution is 2.23. The number of urea groups is 1. The molecule has 2 fully saturated rings. The topological polar surface area (TPSA) is 63.5 Å². The molecule has 0 radical (unpaired) electrons. The smallest absolute Gasteiger partial charge is 0.320 e. The highest BCUT2D eigenvalue weighted by molar-refractivity contribution is 5.75. The largest absolute Gasteiger partial charge is 0.487 e. The van der Waals surface area contributed by atoms with Crippen molar-refractivity contribution in [2.24, 2.45) is 0 Å². The first-order valence-electron chi connectivity index (χ1n) is 8.52. The van der Waals surface area contributed by atoms with Crippen LogP contribution in [0.2, 0.25) is 0 Å².